The zero-order valence-electron chi connectivity index (χ0n) is 14.1. The maximum absolute atomic E-state index is 5.31. The Morgan fingerprint density at radius 2 is 1.28 bits per heavy atom. The van der Waals surface area contributed by atoms with Crippen LogP contribution >= 0.6 is 0 Å². The molecule has 1 aromatic carbocycles. The van der Waals surface area contributed by atoms with Gasteiger partial charge in [-0.15, -0.1) is 0 Å². The van der Waals surface area contributed by atoms with Gasteiger partial charge in [-0.3, -0.25) is 4.98 Å². The third-order valence-corrected chi connectivity index (χ3v) is 3.71. The molecule has 0 atom stereocenters. The molecule has 2 fully saturated rings. The van der Waals surface area contributed by atoms with Gasteiger partial charge in [-0.2, -0.15) is 0 Å². The molecule has 3 nitrogen and oxygen atoms in total. The molecule has 4 rings (SSSR count). The van der Waals surface area contributed by atoms with Crippen LogP contribution in [0.15, 0.2) is 24.3 Å². The van der Waals surface area contributed by atoms with Gasteiger partial charge < -0.3 is 9.47 Å². The summed E-state index contributed by atoms with van der Waals surface area (Å²) in [7, 11) is 3.26. The molecule has 0 saturated heterocycles. The van der Waals surface area contributed by atoms with E-state index in [1.807, 2.05) is 69.2 Å². The predicted octanol–water partition coefficient (Wildman–Crippen LogP) is 4.02. The molecule has 1 aromatic heterocycles. The van der Waals surface area contributed by atoms with Gasteiger partial charge in [0.05, 0.1) is 19.7 Å². The second-order valence-corrected chi connectivity index (χ2v) is 5.23. The number of nitrogens with zero attached hydrogens (tertiary/aromatic N) is 1. The fraction of sp³-hybridized carbons (Fsp3) is 0.0952. The normalized spacial score (nSPS) is 16.9. The standard InChI is InChI=1S/C16H14NO2.C5H5.Fe/c1-18-15-9-12-7-8-13(11-5-3-4-6-11)17-14(12)10-16(15)19-2;1-2-4-5-3-1;/h3-10H,1-2H3;1-5H;/q;;+2. The maximum atomic E-state index is 5.31. The van der Waals surface area contributed by atoms with Gasteiger partial charge >= 0.3 is 17.1 Å². The van der Waals surface area contributed by atoms with Crippen LogP contribution in [0.3, 0.4) is 0 Å². The summed E-state index contributed by atoms with van der Waals surface area (Å²) in [5.41, 5.74) is 1.86. The Kier molecular flexibility index (Phi) is 8.05. The van der Waals surface area contributed by atoms with Crippen LogP contribution in [0.25, 0.3) is 10.9 Å². The van der Waals surface area contributed by atoms with Crippen LogP contribution in [0.5, 0.6) is 11.5 Å². The van der Waals surface area contributed by atoms with E-state index in [9.17, 15) is 0 Å². The third kappa shape index (κ3) is 5.12. The van der Waals surface area contributed by atoms with Crippen LogP contribution in [-0.4, -0.2) is 19.2 Å². The summed E-state index contributed by atoms with van der Waals surface area (Å²) in [6.07, 6.45) is 18.1. The molecule has 25 heavy (non-hydrogen) atoms. The Morgan fingerprint density at radius 1 is 0.720 bits per heavy atom. The predicted molar refractivity (Wildman–Crippen MR) is 95.9 cm³/mol. The number of pyridine rings is 1. The summed E-state index contributed by atoms with van der Waals surface area (Å²) in [6.45, 7) is 0. The van der Waals surface area contributed by atoms with Crippen LogP contribution in [0.2, 0.25) is 0 Å². The average Bonchev–Trinajstić information content (AvgIpc) is 3.35. The van der Waals surface area contributed by atoms with E-state index in [-0.39, 0.29) is 17.1 Å². The minimum absolute atomic E-state index is 0. The van der Waals surface area contributed by atoms with Crippen molar-refractivity contribution in [3.8, 4) is 11.5 Å². The second kappa shape index (κ2) is 10.0. The van der Waals surface area contributed by atoms with Gasteiger partial charge in [0.1, 0.15) is 0 Å². The van der Waals surface area contributed by atoms with Crippen LogP contribution in [0, 0.1) is 63.7 Å². The molecule has 2 aromatic rings. The van der Waals surface area contributed by atoms with E-state index >= 15 is 0 Å². The Hall–Kier alpha value is -1.25. The molecule has 2 aliphatic carbocycles. The van der Waals surface area contributed by atoms with Crippen molar-refractivity contribution in [2.45, 2.75) is 0 Å². The fourth-order valence-electron chi connectivity index (χ4n) is 2.48. The fourth-order valence-corrected chi connectivity index (χ4v) is 2.48. The summed E-state index contributed by atoms with van der Waals surface area (Å²) < 4.78 is 10.6. The van der Waals surface area contributed by atoms with E-state index in [1.165, 1.54) is 0 Å². The molecule has 0 unspecified atom stereocenters. The molecular formula is C21H19FeNO2+2. The van der Waals surface area contributed by atoms with Gasteiger partial charge in [0.15, 0.2) is 11.5 Å². The minimum Gasteiger partial charge on any atom is -0.493 e. The molecule has 0 N–H and O–H groups in total. The monoisotopic (exact) mass is 373 g/mol. The number of rotatable bonds is 3. The molecule has 2 aliphatic rings. The first-order valence-corrected chi connectivity index (χ1v) is 7.73. The van der Waals surface area contributed by atoms with Crippen LogP contribution in [-0.2, 0) is 17.1 Å². The minimum atomic E-state index is 0. The Bertz CT molecular complexity index is 657. The largest absolute Gasteiger partial charge is 2.00 e. The molecule has 4 heteroatoms. The molecule has 1 heterocycles. The molecule has 126 valence electrons. The van der Waals surface area contributed by atoms with E-state index in [2.05, 4.69) is 17.8 Å². The summed E-state index contributed by atoms with van der Waals surface area (Å²) >= 11 is 0. The SMILES string of the molecule is COc1cc2ccc([C]3[CH][CH][CH][CH]3)nc2cc1OC.[CH]1[CH][CH][CH][CH]1.[Fe+2]. The molecule has 2 saturated carbocycles. The van der Waals surface area contributed by atoms with E-state index < -0.39 is 0 Å². The topological polar surface area (TPSA) is 31.4 Å². The second-order valence-electron chi connectivity index (χ2n) is 5.23. The number of hydrogen-bond donors (Lipinski definition) is 0. The van der Waals surface area contributed by atoms with Crippen molar-refractivity contribution >= 4 is 10.9 Å². The third-order valence-electron chi connectivity index (χ3n) is 3.71. The molecule has 0 amide bonds. The van der Waals surface area contributed by atoms with Crippen molar-refractivity contribution < 1.29 is 26.5 Å². The number of aromatic nitrogens is 1. The molecule has 10 radical (unpaired) electrons. The zero-order chi connectivity index (χ0) is 16.8. The van der Waals surface area contributed by atoms with Crippen molar-refractivity contribution in [3.63, 3.8) is 0 Å². The van der Waals surface area contributed by atoms with Crippen molar-refractivity contribution in [1.29, 1.82) is 0 Å². The first-order chi connectivity index (χ1) is 11.8. The van der Waals surface area contributed by atoms with Crippen molar-refractivity contribution in [3.05, 3.63) is 93.7 Å². The summed E-state index contributed by atoms with van der Waals surface area (Å²) in [5.74, 6) is 2.54. The molecule has 0 bridgehead atoms. The maximum Gasteiger partial charge on any atom is 2.00 e. The number of fused-ring (bicyclic) bond motifs is 1. The Labute approximate surface area is 162 Å². The molecular weight excluding hydrogens is 354 g/mol. The molecule has 0 aliphatic heterocycles. The van der Waals surface area contributed by atoms with Gasteiger partial charge in [-0.1, -0.05) is 6.07 Å². The summed E-state index contributed by atoms with van der Waals surface area (Å²) in [4.78, 5) is 4.67. The van der Waals surface area contributed by atoms with Crippen LogP contribution in [0.1, 0.15) is 5.69 Å². The summed E-state index contributed by atoms with van der Waals surface area (Å²) in [5, 5.41) is 1.04. The van der Waals surface area contributed by atoms with E-state index in [0.29, 0.717) is 5.75 Å². The van der Waals surface area contributed by atoms with Gasteiger partial charge in [-0.05, 0) is 69.9 Å². The average molecular weight is 373 g/mol. The Balaban J connectivity index is 0.000000325. The van der Waals surface area contributed by atoms with E-state index in [1.54, 1.807) is 14.2 Å². The number of benzene rings is 1. The quantitative estimate of drug-likeness (QED) is 0.762. The van der Waals surface area contributed by atoms with Gasteiger partial charge in [0, 0.05) is 23.1 Å². The van der Waals surface area contributed by atoms with E-state index in [4.69, 9.17) is 9.47 Å². The Morgan fingerprint density at radius 3 is 1.84 bits per heavy atom. The van der Waals surface area contributed by atoms with Crippen LogP contribution < -0.4 is 9.47 Å². The van der Waals surface area contributed by atoms with Gasteiger partial charge in [-0.25, -0.2) is 0 Å². The first kappa shape index (κ1) is 20.1. The molecule has 0 spiro atoms. The number of methoxy groups -OCH3 is 2. The number of ether oxygens (including phenoxy) is 2. The van der Waals surface area contributed by atoms with Crippen molar-refractivity contribution in [1.82, 2.24) is 4.98 Å². The smallest absolute Gasteiger partial charge is 0.493 e. The zero-order valence-corrected chi connectivity index (χ0v) is 15.2. The van der Waals surface area contributed by atoms with E-state index in [0.717, 1.165) is 28.3 Å². The van der Waals surface area contributed by atoms with Crippen LogP contribution in [0.4, 0.5) is 0 Å². The number of hydrogen-bond acceptors (Lipinski definition) is 3. The van der Waals surface area contributed by atoms with Gasteiger partial charge in [0.2, 0.25) is 0 Å². The van der Waals surface area contributed by atoms with Gasteiger partial charge in [0.25, 0.3) is 0 Å². The first-order valence-electron chi connectivity index (χ1n) is 7.73. The van der Waals surface area contributed by atoms with Crippen molar-refractivity contribution in [2.75, 3.05) is 14.2 Å². The van der Waals surface area contributed by atoms with Crippen molar-refractivity contribution in [2.24, 2.45) is 0 Å². The summed E-state index contributed by atoms with van der Waals surface area (Å²) in [6, 6.07) is 7.91.